The molecule has 0 heterocycles. The summed E-state index contributed by atoms with van der Waals surface area (Å²) in [5.41, 5.74) is 0.512. The van der Waals surface area contributed by atoms with Crippen LogP contribution >= 0.6 is 15.9 Å². The fraction of sp³-hybridized carbons (Fsp3) is 0.300. The summed E-state index contributed by atoms with van der Waals surface area (Å²) in [6, 6.07) is 4.63. The Labute approximate surface area is 95.6 Å². The Morgan fingerprint density at radius 1 is 1.60 bits per heavy atom. The van der Waals surface area contributed by atoms with E-state index in [1.54, 1.807) is 12.1 Å². The summed E-state index contributed by atoms with van der Waals surface area (Å²) in [4.78, 5) is 11.6. The molecule has 0 aliphatic carbocycles. The molecule has 1 aromatic rings. The predicted octanol–water partition coefficient (Wildman–Crippen LogP) is 2.74. The molecule has 0 spiro atoms. The minimum atomic E-state index is -1.01. The maximum atomic E-state index is 13.2. The largest absolute Gasteiger partial charge is 0.465 e. The quantitative estimate of drug-likeness (QED) is 0.922. The van der Waals surface area contributed by atoms with E-state index in [2.05, 4.69) is 15.9 Å². The average molecular weight is 276 g/mol. The van der Waals surface area contributed by atoms with Crippen LogP contribution in [0.2, 0.25) is 0 Å². The number of carboxylic acid groups (broad SMARTS) is 1. The highest BCUT2D eigenvalue weighted by molar-refractivity contribution is 9.10. The first-order valence-corrected chi connectivity index (χ1v) is 5.18. The predicted molar refractivity (Wildman–Crippen MR) is 58.5 cm³/mol. The Morgan fingerprint density at radius 3 is 2.87 bits per heavy atom. The molecule has 0 bridgehead atoms. The van der Waals surface area contributed by atoms with Gasteiger partial charge in [-0.05, 0) is 30.2 Å². The lowest BCUT2D eigenvalue weighted by Gasteiger charge is -2.12. The van der Waals surface area contributed by atoms with E-state index in [0.29, 0.717) is 12.0 Å². The van der Waals surface area contributed by atoms with Crippen LogP contribution in [-0.4, -0.2) is 29.7 Å². The number of halogens is 2. The molecule has 0 aromatic heterocycles. The summed E-state index contributed by atoms with van der Waals surface area (Å²) in [6.07, 6.45) is -0.640. The molecule has 0 aliphatic heterocycles. The van der Waals surface area contributed by atoms with Gasteiger partial charge in [0, 0.05) is 18.1 Å². The lowest BCUT2D eigenvalue weighted by atomic mass is 10.1. The van der Waals surface area contributed by atoms with Crippen molar-refractivity contribution in [2.45, 2.75) is 6.42 Å². The van der Waals surface area contributed by atoms with Crippen molar-refractivity contribution in [1.82, 2.24) is 4.90 Å². The minimum Gasteiger partial charge on any atom is -0.465 e. The van der Waals surface area contributed by atoms with Crippen molar-refractivity contribution in [2.75, 3.05) is 13.6 Å². The van der Waals surface area contributed by atoms with Gasteiger partial charge in [0.05, 0.1) is 0 Å². The highest BCUT2D eigenvalue weighted by atomic mass is 79.9. The van der Waals surface area contributed by atoms with Gasteiger partial charge in [0.15, 0.2) is 0 Å². The molecule has 1 rings (SSSR count). The van der Waals surface area contributed by atoms with E-state index in [-0.39, 0.29) is 12.4 Å². The van der Waals surface area contributed by atoms with Gasteiger partial charge in [0.25, 0.3) is 0 Å². The van der Waals surface area contributed by atoms with E-state index < -0.39 is 6.09 Å². The number of likely N-dealkylation sites (N-methyl/N-ethyl adjacent to an activating group) is 1. The van der Waals surface area contributed by atoms with Crippen molar-refractivity contribution in [3.05, 3.63) is 34.1 Å². The highest BCUT2D eigenvalue weighted by Gasteiger charge is 2.08. The fourth-order valence-electron chi connectivity index (χ4n) is 1.12. The smallest absolute Gasteiger partial charge is 0.407 e. The molecule has 0 saturated carbocycles. The van der Waals surface area contributed by atoms with Gasteiger partial charge in [-0.25, -0.2) is 9.18 Å². The zero-order valence-corrected chi connectivity index (χ0v) is 9.79. The van der Waals surface area contributed by atoms with Crippen molar-refractivity contribution in [3.63, 3.8) is 0 Å². The number of benzene rings is 1. The molecule has 0 aliphatic rings. The Bertz CT molecular complexity index is 370. The van der Waals surface area contributed by atoms with Gasteiger partial charge in [-0.15, -0.1) is 0 Å². The molecule has 1 aromatic carbocycles. The fourth-order valence-corrected chi connectivity index (χ4v) is 1.53. The molecule has 0 unspecified atom stereocenters. The van der Waals surface area contributed by atoms with Crippen molar-refractivity contribution in [1.29, 1.82) is 0 Å². The summed E-state index contributed by atoms with van der Waals surface area (Å²) >= 11 is 3.24. The summed E-state index contributed by atoms with van der Waals surface area (Å²) in [5.74, 6) is -0.308. The first kappa shape index (κ1) is 12.0. The molecule has 82 valence electrons. The van der Waals surface area contributed by atoms with Gasteiger partial charge >= 0.3 is 6.09 Å². The van der Waals surface area contributed by atoms with E-state index in [4.69, 9.17) is 5.11 Å². The average Bonchev–Trinajstić information content (AvgIpc) is 2.18. The summed E-state index contributed by atoms with van der Waals surface area (Å²) < 4.78 is 14.0. The molecule has 1 amide bonds. The van der Waals surface area contributed by atoms with E-state index >= 15 is 0 Å². The topological polar surface area (TPSA) is 40.5 Å². The van der Waals surface area contributed by atoms with E-state index in [1.807, 2.05) is 0 Å². The highest BCUT2D eigenvalue weighted by Crippen LogP contribution is 2.16. The van der Waals surface area contributed by atoms with Crippen LogP contribution in [0.4, 0.5) is 9.18 Å². The molecule has 15 heavy (non-hydrogen) atoms. The van der Waals surface area contributed by atoms with E-state index in [1.165, 1.54) is 13.1 Å². The second kappa shape index (κ2) is 5.11. The van der Waals surface area contributed by atoms with Crippen LogP contribution < -0.4 is 0 Å². The summed E-state index contributed by atoms with van der Waals surface area (Å²) in [6.45, 7) is 0.280. The lowest BCUT2D eigenvalue weighted by Crippen LogP contribution is -2.27. The third-order valence-electron chi connectivity index (χ3n) is 2.05. The Kier molecular flexibility index (Phi) is 4.08. The van der Waals surface area contributed by atoms with Crippen LogP contribution in [0.1, 0.15) is 5.56 Å². The first-order valence-electron chi connectivity index (χ1n) is 4.38. The number of hydrogen-bond donors (Lipinski definition) is 1. The normalized spacial score (nSPS) is 10.1. The Hall–Kier alpha value is -1.10. The zero-order chi connectivity index (χ0) is 11.4. The zero-order valence-electron chi connectivity index (χ0n) is 8.20. The Balaban J connectivity index is 2.65. The van der Waals surface area contributed by atoms with Gasteiger partial charge in [-0.1, -0.05) is 15.9 Å². The van der Waals surface area contributed by atoms with Crippen molar-refractivity contribution < 1.29 is 14.3 Å². The molecule has 0 atom stereocenters. The van der Waals surface area contributed by atoms with Crippen LogP contribution in [0, 0.1) is 5.82 Å². The minimum absolute atomic E-state index is 0.280. The molecule has 0 radical (unpaired) electrons. The van der Waals surface area contributed by atoms with Crippen molar-refractivity contribution >= 4 is 22.0 Å². The molecular formula is C10H11BrFNO2. The van der Waals surface area contributed by atoms with Crippen LogP contribution in [0.5, 0.6) is 0 Å². The summed E-state index contributed by atoms with van der Waals surface area (Å²) in [5, 5.41) is 8.61. The van der Waals surface area contributed by atoms with Crippen LogP contribution in [0.3, 0.4) is 0 Å². The van der Waals surface area contributed by atoms with Crippen LogP contribution in [0.15, 0.2) is 22.7 Å². The second-order valence-electron chi connectivity index (χ2n) is 3.19. The van der Waals surface area contributed by atoms with Gasteiger partial charge in [-0.3, -0.25) is 0 Å². The first-order chi connectivity index (χ1) is 7.00. The number of nitrogens with zero attached hydrogens (tertiary/aromatic N) is 1. The number of carbonyl (C=O) groups is 1. The molecule has 1 N–H and O–H groups in total. The number of hydrogen-bond acceptors (Lipinski definition) is 1. The standard InChI is InChI=1S/C10H11BrFNO2/c1-13(10(14)15)5-4-7-6-8(11)2-3-9(7)12/h2-3,6H,4-5H2,1H3,(H,14,15). The third-order valence-corrected chi connectivity index (χ3v) is 2.54. The molecule has 5 heteroatoms. The SMILES string of the molecule is CN(CCc1cc(Br)ccc1F)C(=O)O. The van der Waals surface area contributed by atoms with Crippen molar-refractivity contribution in [3.8, 4) is 0 Å². The molecule has 0 fully saturated rings. The van der Waals surface area contributed by atoms with Crippen molar-refractivity contribution in [2.24, 2.45) is 0 Å². The van der Waals surface area contributed by atoms with E-state index in [9.17, 15) is 9.18 Å². The maximum Gasteiger partial charge on any atom is 0.407 e. The van der Waals surface area contributed by atoms with Gasteiger partial charge in [0.2, 0.25) is 0 Å². The number of amides is 1. The number of rotatable bonds is 3. The second-order valence-corrected chi connectivity index (χ2v) is 4.11. The lowest BCUT2D eigenvalue weighted by molar-refractivity contribution is 0.156. The molecule has 3 nitrogen and oxygen atoms in total. The monoisotopic (exact) mass is 275 g/mol. The Morgan fingerprint density at radius 2 is 2.27 bits per heavy atom. The van der Waals surface area contributed by atoms with Gasteiger partial charge < -0.3 is 10.0 Å². The summed E-state index contributed by atoms with van der Waals surface area (Å²) in [7, 11) is 1.46. The van der Waals surface area contributed by atoms with Gasteiger partial charge in [0.1, 0.15) is 5.82 Å². The van der Waals surface area contributed by atoms with E-state index in [0.717, 1.165) is 9.37 Å². The van der Waals surface area contributed by atoms with Crippen LogP contribution in [-0.2, 0) is 6.42 Å². The van der Waals surface area contributed by atoms with Crippen LogP contribution in [0.25, 0.3) is 0 Å². The third kappa shape index (κ3) is 3.51. The molecule has 0 saturated heterocycles. The maximum absolute atomic E-state index is 13.2. The molecular weight excluding hydrogens is 265 g/mol. The van der Waals surface area contributed by atoms with Gasteiger partial charge in [-0.2, -0.15) is 0 Å².